The summed E-state index contributed by atoms with van der Waals surface area (Å²) >= 11 is 0. The molecular weight excluding hydrogens is 478 g/mol. The number of hydrogen-bond acceptors (Lipinski definition) is 7. The summed E-state index contributed by atoms with van der Waals surface area (Å²) in [4.78, 5) is 0.976. The second-order valence-electron chi connectivity index (χ2n) is 5.48. The van der Waals surface area contributed by atoms with Crippen LogP contribution in [0.1, 0.15) is 2.85 Å². The molecular formula is C16H20Na2O9S3. The maximum atomic E-state index is 12.6. The Kier molecular flexibility index (Phi) is 13.5. The molecule has 2 aromatic rings. The molecule has 9 nitrogen and oxygen atoms in total. The van der Waals surface area contributed by atoms with Crippen molar-refractivity contribution < 1.29 is 102 Å². The topological polar surface area (TPSA) is 144 Å². The normalized spacial score (nSPS) is 11.3. The van der Waals surface area contributed by atoms with Gasteiger partial charge in [-0.25, -0.2) is 4.21 Å². The van der Waals surface area contributed by atoms with Crippen molar-refractivity contribution in [2.45, 2.75) is 9.79 Å². The van der Waals surface area contributed by atoms with E-state index in [1.165, 1.54) is 24.3 Å². The molecule has 0 fully saturated rings. The van der Waals surface area contributed by atoms with Crippen LogP contribution in [0.25, 0.3) is 0 Å². The molecule has 2 rings (SSSR count). The first-order chi connectivity index (χ1) is 13.0. The minimum absolute atomic E-state index is 0. The van der Waals surface area contributed by atoms with Crippen molar-refractivity contribution in [2.24, 2.45) is 0 Å². The summed E-state index contributed by atoms with van der Waals surface area (Å²) in [6.45, 7) is -0.416. The van der Waals surface area contributed by atoms with E-state index in [0.717, 1.165) is 0 Å². The second kappa shape index (κ2) is 13.5. The van der Waals surface area contributed by atoms with Crippen LogP contribution in [0, 0.1) is 0 Å². The SMILES string of the molecule is O=S(c1ccc(OCCS(=O)(=O)O)cc1)c1ccc(OCCS(=O)(=O)O)cc1.[H-].[H-].[Na+].[Na+]. The molecule has 0 spiro atoms. The summed E-state index contributed by atoms with van der Waals surface area (Å²) < 4.78 is 82.8. The van der Waals surface area contributed by atoms with E-state index in [-0.39, 0.29) is 75.2 Å². The third-order valence-electron chi connectivity index (χ3n) is 3.30. The third-order valence-corrected chi connectivity index (χ3v) is 6.06. The molecule has 0 radical (unpaired) electrons. The average molecular weight is 499 g/mol. The van der Waals surface area contributed by atoms with E-state index >= 15 is 0 Å². The third kappa shape index (κ3) is 11.6. The Morgan fingerprint density at radius 3 is 1.27 bits per heavy atom. The van der Waals surface area contributed by atoms with E-state index in [2.05, 4.69) is 0 Å². The molecule has 0 aliphatic heterocycles. The molecule has 0 aliphatic rings. The van der Waals surface area contributed by atoms with Gasteiger partial charge in [-0.1, -0.05) is 0 Å². The molecule has 0 aliphatic carbocycles. The van der Waals surface area contributed by atoms with Crippen LogP contribution in [-0.2, 0) is 31.0 Å². The van der Waals surface area contributed by atoms with Crippen molar-refractivity contribution in [2.75, 3.05) is 24.7 Å². The predicted octanol–water partition coefficient (Wildman–Crippen LogP) is -4.38. The molecule has 0 saturated carbocycles. The molecule has 0 bridgehead atoms. The number of ether oxygens (including phenoxy) is 2. The van der Waals surface area contributed by atoms with E-state index < -0.39 is 42.5 Å². The van der Waals surface area contributed by atoms with Crippen LogP contribution in [0.3, 0.4) is 0 Å². The Hall–Kier alpha value is 0.0100. The smallest absolute Gasteiger partial charge is 1.00 e. The second-order valence-corrected chi connectivity index (χ2v) is 10.1. The van der Waals surface area contributed by atoms with Crippen molar-refractivity contribution in [3.05, 3.63) is 48.5 Å². The van der Waals surface area contributed by atoms with Crippen LogP contribution in [-0.4, -0.2) is 54.9 Å². The zero-order chi connectivity index (χ0) is 20.8. The molecule has 0 aromatic heterocycles. The molecule has 0 unspecified atom stereocenters. The first-order valence-corrected chi connectivity index (χ1v) is 12.2. The van der Waals surface area contributed by atoms with Gasteiger partial charge in [0.1, 0.15) is 36.2 Å². The maximum absolute atomic E-state index is 12.6. The molecule has 0 saturated heterocycles. The summed E-state index contributed by atoms with van der Waals surface area (Å²) in [5, 5.41) is 0. The summed E-state index contributed by atoms with van der Waals surface area (Å²) in [7, 11) is -9.68. The van der Waals surface area contributed by atoms with E-state index in [0.29, 0.717) is 21.3 Å². The molecule has 0 amide bonds. The van der Waals surface area contributed by atoms with E-state index in [4.69, 9.17) is 18.6 Å². The predicted molar refractivity (Wildman–Crippen MR) is 104 cm³/mol. The van der Waals surface area contributed by atoms with Gasteiger partial charge in [-0.05, 0) is 48.5 Å². The molecule has 2 N–H and O–H groups in total. The standard InChI is InChI=1S/C16H18O9S3.2Na.2H/c17-26(15-5-1-13(2-6-15)24-9-11-27(18,19)20)16-7-3-14(4-8-16)25-10-12-28(21,22)23;;;;/h1-8H,9-12H2,(H,18,19,20)(H,21,22,23);;;;/q;2*+1;2*-1. The fourth-order valence-electron chi connectivity index (χ4n) is 1.98. The maximum Gasteiger partial charge on any atom is 1.00 e. The van der Waals surface area contributed by atoms with Crippen LogP contribution in [0.4, 0.5) is 0 Å². The minimum Gasteiger partial charge on any atom is -1.00 e. The molecule has 2 aromatic carbocycles. The molecule has 158 valence electrons. The fraction of sp³-hybridized carbons (Fsp3) is 0.250. The number of rotatable bonds is 10. The van der Waals surface area contributed by atoms with Gasteiger partial charge in [-0.15, -0.1) is 0 Å². The van der Waals surface area contributed by atoms with Gasteiger partial charge in [0.05, 0.1) is 10.8 Å². The van der Waals surface area contributed by atoms with Crippen LogP contribution in [0.5, 0.6) is 11.5 Å². The van der Waals surface area contributed by atoms with Crippen molar-refractivity contribution >= 4 is 31.0 Å². The summed E-state index contributed by atoms with van der Waals surface area (Å²) in [6, 6.07) is 12.4. The largest absolute Gasteiger partial charge is 1.00 e. The Morgan fingerprint density at radius 2 is 1.00 bits per heavy atom. The van der Waals surface area contributed by atoms with E-state index in [9.17, 15) is 21.0 Å². The molecule has 14 heteroatoms. The van der Waals surface area contributed by atoms with Gasteiger partial charge in [0.2, 0.25) is 0 Å². The zero-order valence-corrected chi connectivity index (χ0v) is 22.9. The molecule has 0 heterocycles. The van der Waals surface area contributed by atoms with Crippen molar-refractivity contribution in [3.63, 3.8) is 0 Å². The van der Waals surface area contributed by atoms with Gasteiger partial charge in [-0.2, -0.15) is 16.8 Å². The van der Waals surface area contributed by atoms with Crippen molar-refractivity contribution in [1.29, 1.82) is 0 Å². The first kappa shape index (κ1) is 30.0. The van der Waals surface area contributed by atoms with Gasteiger partial charge in [-0.3, -0.25) is 9.11 Å². The zero-order valence-electron chi connectivity index (χ0n) is 18.4. The van der Waals surface area contributed by atoms with Crippen LogP contribution in [0.2, 0.25) is 0 Å². The van der Waals surface area contributed by atoms with Gasteiger partial charge < -0.3 is 12.3 Å². The van der Waals surface area contributed by atoms with Gasteiger partial charge >= 0.3 is 59.1 Å². The Labute approximate surface area is 225 Å². The quantitative estimate of drug-likeness (QED) is 0.245. The Morgan fingerprint density at radius 1 is 0.700 bits per heavy atom. The van der Waals surface area contributed by atoms with E-state index in [1.807, 2.05) is 0 Å². The van der Waals surface area contributed by atoms with E-state index in [1.54, 1.807) is 24.3 Å². The Bertz CT molecular complexity index is 950. The molecule has 0 atom stereocenters. The van der Waals surface area contributed by atoms with Crippen LogP contribution >= 0.6 is 0 Å². The van der Waals surface area contributed by atoms with Gasteiger partial charge in [0.15, 0.2) is 0 Å². The molecule has 30 heavy (non-hydrogen) atoms. The summed E-state index contributed by atoms with van der Waals surface area (Å²) in [6.07, 6.45) is 0. The minimum atomic E-state index is -4.09. The van der Waals surface area contributed by atoms with Crippen LogP contribution < -0.4 is 68.6 Å². The Balaban J connectivity index is -0.00000210. The van der Waals surface area contributed by atoms with Gasteiger partial charge in [0, 0.05) is 9.79 Å². The first-order valence-electron chi connectivity index (χ1n) is 7.81. The number of hydrogen-bond donors (Lipinski definition) is 2. The average Bonchev–Trinajstić information content (AvgIpc) is 2.60. The summed E-state index contributed by atoms with van der Waals surface area (Å²) in [5.74, 6) is -0.322. The monoisotopic (exact) mass is 498 g/mol. The summed E-state index contributed by atoms with van der Waals surface area (Å²) in [5.41, 5.74) is 0. The van der Waals surface area contributed by atoms with Gasteiger partial charge in [0.25, 0.3) is 20.2 Å². The van der Waals surface area contributed by atoms with Crippen LogP contribution in [0.15, 0.2) is 58.3 Å². The number of benzene rings is 2. The van der Waals surface area contributed by atoms with Crippen molar-refractivity contribution in [1.82, 2.24) is 0 Å². The fourth-order valence-corrected chi connectivity index (χ4v) is 3.61. The van der Waals surface area contributed by atoms with Crippen molar-refractivity contribution in [3.8, 4) is 11.5 Å².